The fourth-order valence-electron chi connectivity index (χ4n) is 6.04. The zero-order chi connectivity index (χ0) is 28.7. The molecule has 2 amide bonds. The van der Waals surface area contributed by atoms with Crippen LogP contribution < -0.4 is 10.6 Å². The highest BCUT2D eigenvalue weighted by atomic mass is 16.5. The van der Waals surface area contributed by atoms with Crippen LogP contribution in [0.2, 0.25) is 0 Å². The van der Waals surface area contributed by atoms with E-state index in [0.717, 1.165) is 24.8 Å². The van der Waals surface area contributed by atoms with Gasteiger partial charge in [-0.05, 0) is 25.0 Å². The maximum Gasteiger partial charge on any atom is 0.411 e. The number of aliphatic hydroxyl groups is 1. The Hall–Kier alpha value is -3.73. The number of carbonyl (C=O) groups is 2. The lowest BCUT2D eigenvalue weighted by atomic mass is 9.80. The summed E-state index contributed by atoms with van der Waals surface area (Å²) in [6.07, 6.45) is 4.94. The number of hydrogen-bond acceptors (Lipinski definition) is 7. The zero-order valence-electron chi connectivity index (χ0n) is 23.5. The van der Waals surface area contributed by atoms with E-state index >= 15 is 0 Å². The van der Waals surface area contributed by atoms with E-state index in [9.17, 15) is 14.7 Å². The highest BCUT2D eigenvalue weighted by molar-refractivity contribution is 5.98. The molecule has 10 heteroatoms. The molecule has 3 N–H and O–H groups in total. The normalized spacial score (nSPS) is 22.7. The molecule has 10 nitrogen and oxygen atoms in total. The van der Waals surface area contributed by atoms with E-state index in [1.807, 2.05) is 58.0 Å². The predicted molar refractivity (Wildman–Crippen MR) is 156 cm³/mol. The number of carbonyl (C=O) groups excluding carboxylic acids is 2. The van der Waals surface area contributed by atoms with Crippen molar-refractivity contribution < 1.29 is 24.2 Å². The third-order valence-corrected chi connectivity index (χ3v) is 8.05. The molecule has 2 aromatic carbocycles. The summed E-state index contributed by atoms with van der Waals surface area (Å²) >= 11 is 0. The lowest BCUT2D eigenvalue weighted by Gasteiger charge is -2.41. The Balaban J connectivity index is 1.36. The van der Waals surface area contributed by atoms with Crippen LogP contribution in [-0.2, 0) is 9.47 Å². The van der Waals surface area contributed by atoms with Crippen molar-refractivity contribution in [1.82, 2.24) is 19.8 Å². The summed E-state index contributed by atoms with van der Waals surface area (Å²) in [4.78, 5) is 32.9. The monoisotopic (exact) mass is 561 g/mol. The standard InChI is InChI=1S/C31H39N5O5/c1-40-21-31(39)16-9-8-14-26(31)36-22-33-27(28(36)23-10-4-2-5-11-23)29(37)35-18-17-32-20-25(35)15-19-41-30(38)34-24-12-6-3-7-13-24/h2-7,10-13,22,25-26,32,39H,8-9,14-21H2,1H3,(H,34,38)/t25-,26-,31-/m1/s1. The molecule has 0 radical (unpaired) electrons. The van der Waals surface area contributed by atoms with Gasteiger partial charge < -0.3 is 29.4 Å². The van der Waals surface area contributed by atoms with Gasteiger partial charge in [-0.15, -0.1) is 0 Å². The number of methoxy groups -OCH3 is 1. The predicted octanol–water partition coefficient (Wildman–Crippen LogP) is 4.10. The van der Waals surface area contributed by atoms with E-state index in [1.54, 1.807) is 25.6 Å². The number of anilines is 1. The molecule has 1 saturated heterocycles. The van der Waals surface area contributed by atoms with E-state index in [-0.39, 0.29) is 31.2 Å². The minimum atomic E-state index is -1.05. The first-order valence-electron chi connectivity index (χ1n) is 14.3. The smallest absolute Gasteiger partial charge is 0.411 e. The maximum atomic E-state index is 14.1. The molecule has 3 atom stereocenters. The summed E-state index contributed by atoms with van der Waals surface area (Å²) in [6, 6.07) is 18.4. The Morgan fingerprint density at radius 3 is 2.63 bits per heavy atom. The van der Waals surface area contributed by atoms with Crippen LogP contribution in [0.3, 0.4) is 0 Å². The van der Waals surface area contributed by atoms with Crippen LogP contribution in [-0.4, -0.2) is 83.2 Å². The second kappa shape index (κ2) is 13.3. The summed E-state index contributed by atoms with van der Waals surface area (Å²) in [5.74, 6) is -0.172. The summed E-state index contributed by atoms with van der Waals surface area (Å²) in [5, 5.41) is 17.7. The van der Waals surface area contributed by atoms with Crippen LogP contribution >= 0.6 is 0 Å². The van der Waals surface area contributed by atoms with E-state index in [4.69, 9.17) is 9.47 Å². The average molecular weight is 562 g/mol. The molecule has 1 aliphatic carbocycles. The Morgan fingerprint density at radius 1 is 1.12 bits per heavy atom. The SMILES string of the molecule is COC[C@]1(O)CCCC[C@H]1n1cnc(C(=O)N2CCNC[C@H]2CCOC(=O)Nc2ccccc2)c1-c1ccccc1. The van der Waals surface area contributed by atoms with Crippen LogP contribution in [0.4, 0.5) is 10.5 Å². The van der Waals surface area contributed by atoms with Crippen molar-refractivity contribution in [3.8, 4) is 11.3 Å². The molecule has 0 bridgehead atoms. The molecule has 2 aliphatic rings. The summed E-state index contributed by atoms with van der Waals surface area (Å²) in [5.41, 5.74) is 1.54. The van der Waals surface area contributed by atoms with Gasteiger partial charge in [0.2, 0.25) is 0 Å². The van der Waals surface area contributed by atoms with Crippen molar-refractivity contribution in [2.45, 2.75) is 49.8 Å². The number of nitrogens with one attached hydrogen (secondary N) is 2. The number of aromatic nitrogens is 2. The fraction of sp³-hybridized carbons (Fsp3) is 0.452. The van der Waals surface area contributed by atoms with Crippen molar-refractivity contribution in [3.63, 3.8) is 0 Å². The van der Waals surface area contributed by atoms with Crippen molar-refractivity contribution in [2.75, 3.05) is 45.3 Å². The van der Waals surface area contributed by atoms with E-state index in [0.29, 0.717) is 49.6 Å². The lowest BCUT2D eigenvalue weighted by Crippen LogP contribution is -2.54. The van der Waals surface area contributed by atoms with Crippen molar-refractivity contribution in [3.05, 3.63) is 72.7 Å². The Kier molecular flexibility index (Phi) is 9.33. The van der Waals surface area contributed by atoms with Gasteiger partial charge in [0.25, 0.3) is 5.91 Å². The first kappa shape index (κ1) is 28.8. The van der Waals surface area contributed by atoms with Crippen molar-refractivity contribution in [2.24, 2.45) is 0 Å². The molecule has 2 heterocycles. The van der Waals surface area contributed by atoms with Crippen molar-refractivity contribution in [1.29, 1.82) is 0 Å². The number of benzene rings is 2. The maximum absolute atomic E-state index is 14.1. The van der Waals surface area contributed by atoms with Gasteiger partial charge in [0, 0.05) is 50.5 Å². The van der Waals surface area contributed by atoms with Crippen LogP contribution in [0.15, 0.2) is 67.0 Å². The molecule has 1 saturated carbocycles. The molecular formula is C31H39N5O5. The Labute approximate surface area is 240 Å². The first-order valence-corrected chi connectivity index (χ1v) is 14.3. The summed E-state index contributed by atoms with van der Waals surface area (Å²) < 4.78 is 12.8. The molecule has 3 aromatic rings. The van der Waals surface area contributed by atoms with Gasteiger partial charge in [-0.2, -0.15) is 0 Å². The largest absolute Gasteiger partial charge is 0.449 e. The number of amides is 2. The van der Waals surface area contributed by atoms with Gasteiger partial charge in [0.1, 0.15) is 5.60 Å². The third-order valence-electron chi connectivity index (χ3n) is 8.05. The molecule has 41 heavy (non-hydrogen) atoms. The molecule has 0 unspecified atom stereocenters. The lowest BCUT2D eigenvalue weighted by molar-refractivity contribution is -0.0893. The molecular weight excluding hydrogens is 522 g/mol. The summed E-state index contributed by atoms with van der Waals surface area (Å²) in [7, 11) is 1.60. The highest BCUT2D eigenvalue weighted by Gasteiger charge is 2.42. The van der Waals surface area contributed by atoms with Gasteiger partial charge in [-0.1, -0.05) is 61.4 Å². The molecule has 0 spiro atoms. The van der Waals surface area contributed by atoms with Gasteiger partial charge in [0.05, 0.1) is 31.3 Å². The molecule has 1 aliphatic heterocycles. The van der Waals surface area contributed by atoms with E-state index < -0.39 is 11.7 Å². The second-order valence-electron chi connectivity index (χ2n) is 10.8. The number of para-hydroxylation sites is 1. The Bertz CT molecular complexity index is 1300. The minimum absolute atomic E-state index is 0.168. The fourth-order valence-corrected chi connectivity index (χ4v) is 6.04. The van der Waals surface area contributed by atoms with E-state index in [2.05, 4.69) is 15.6 Å². The average Bonchev–Trinajstić information content (AvgIpc) is 3.43. The Morgan fingerprint density at radius 2 is 1.88 bits per heavy atom. The number of rotatable bonds is 9. The van der Waals surface area contributed by atoms with Gasteiger partial charge in [-0.3, -0.25) is 10.1 Å². The number of imidazole rings is 1. The quantitative estimate of drug-likeness (QED) is 0.360. The van der Waals surface area contributed by atoms with Crippen molar-refractivity contribution >= 4 is 17.7 Å². The van der Waals surface area contributed by atoms with E-state index in [1.165, 1.54) is 0 Å². The highest BCUT2D eigenvalue weighted by Crippen LogP contribution is 2.41. The minimum Gasteiger partial charge on any atom is -0.449 e. The number of nitrogens with zero attached hydrogens (tertiary/aromatic N) is 3. The molecule has 1 aromatic heterocycles. The van der Waals surface area contributed by atoms with Crippen LogP contribution in [0.5, 0.6) is 0 Å². The number of hydrogen-bond donors (Lipinski definition) is 3. The second-order valence-corrected chi connectivity index (χ2v) is 10.8. The number of ether oxygens (including phenoxy) is 2. The molecule has 218 valence electrons. The molecule has 5 rings (SSSR count). The topological polar surface area (TPSA) is 118 Å². The third kappa shape index (κ3) is 6.61. The van der Waals surface area contributed by atoms with Gasteiger partial charge >= 0.3 is 6.09 Å². The van der Waals surface area contributed by atoms with Crippen LogP contribution in [0, 0.1) is 0 Å². The molecule has 2 fully saturated rings. The first-order chi connectivity index (χ1) is 20.0. The van der Waals surface area contributed by atoms with Gasteiger partial charge in [-0.25, -0.2) is 9.78 Å². The van der Waals surface area contributed by atoms with Crippen LogP contribution in [0.1, 0.15) is 48.6 Å². The zero-order valence-corrected chi connectivity index (χ0v) is 23.5. The summed E-state index contributed by atoms with van der Waals surface area (Å²) in [6.45, 7) is 2.14. The number of piperazine rings is 1. The van der Waals surface area contributed by atoms with Gasteiger partial charge in [0.15, 0.2) is 5.69 Å². The van der Waals surface area contributed by atoms with Crippen LogP contribution in [0.25, 0.3) is 11.3 Å².